The molecule has 0 saturated carbocycles. The minimum atomic E-state index is -1.10. The number of carbonyl (C=O) groups excluding carboxylic acids is 1. The van der Waals surface area contributed by atoms with Gasteiger partial charge in [0.15, 0.2) is 0 Å². The average molecular weight is 291 g/mol. The van der Waals surface area contributed by atoms with Crippen LogP contribution in [0.4, 0.5) is 5.69 Å². The van der Waals surface area contributed by atoms with Gasteiger partial charge < -0.3 is 5.11 Å². The summed E-state index contributed by atoms with van der Waals surface area (Å²) in [4.78, 5) is 28.3. The summed E-state index contributed by atoms with van der Waals surface area (Å²) in [6.45, 7) is -0.443. The van der Waals surface area contributed by atoms with Crippen LogP contribution in [0.1, 0.15) is 10.4 Å². The summed E-state index contributed by atoms with van der Waals surface area (Å²) in [5, 5.41) is 9.40. The maximum Gasteiger partial charge on any atom is 0.323 e. The fourth-order valence-corrected chi connectivity index (χ4v) is 1.89. The van der Waals surface area contributed by atoms with Crippen LogP contribution in [0, 0.1) is 0 Å². The standard InChI is InChI=1S/C14H11ClN2O3/c15-11-2-1-3-12(8-11)17(9-13(18)19)14(20)10-4-6-16-7-5-10/h1-8H,9H2,(H,18,19). The number of pyridine rings is 1. The van der Waals surface area contributed by atoms with Gasteiger partial charge in [-0.25, -0.2) is 0 Å². The molecule has 0 atom stereocenters. The van der Waals surface area contributed by atoms with Crippen molar-refractivity contribution < 1.29 is 14.7 Å². The molecule has 0 aliphatic rings. The molecular weight excluding hydrogens is 280 g/mol. The van der Waals surface area contributed by atoms with Crippen LogP contribution >= 0.6 is 11.6 Å². The quantitative estimate of drug-likeness (QED) is 0.939. The number of carboxylic acid groups (broad SMARTS) is 1. The molecule has 102 valence electrons. The molecule has 1 N–H and O–H groups in total. The van der Waals surface area contributed by atoms with E-state index < -0.39 is 18.4 Å². The van der Waals surface area contributed by atoms with E-state index in [1.54, 1.807) is 24.3 Å². The van der Waals surface area contributed by atoms with Crippen LogP contribution in [0.3, 0.4) is 0 Å². The number of aromatic nitrogens is 1. The third kappa shape index (κ3) is 3.33. The van der Waals surface area contributed by atoms with Gasteiger partial charge in [0.1, 0.15) is 6.54 Å². The van der Waals surface area contributed by atoms with Gasteiger partial charge in [-0.15, -0.1) is 0 Å². The predicted molar refractivity (Wildman–Crippen MR) is 75.0 cm³/mol. The van der Waals surface area contributed by atoms with Crippen LogP contribution in [-0.4, -0.2) is 28.5 Å². The number of nitrogens with zero attached hydrogens (tertiary/aromatic N) is 2. The van der Waals surface area contributed by atoms with E-state index in [1.807, 2.05) is 0 Å². The van der Waals surface area contributed by atoms with Gasteiger partial charge >= 0.3 is 5.97 Å². The molecule has 2 aromatic rings. The molecule has 0 spiro atoms. The summed E-state index contributed by atoms with van der Waals surface area (Å²) in [6, 6.07) is 9.55. The number of rotatable bonds is 4. The Morgan fingerprint density at radius 3 is 2.50 bits per heavy atom. The van der Waals surface area contributed by atoms with Gasteiger partial charge in [0.2, 0.25) is 0 Å². The van der Waals surface area contributed by atoms with Crippen molar-refractivity contribution >= 4 is 29.2 Å². The monoisotopic (exact) mass is 290 g/mol. The molecule has 2 rings (SSSR count). The number of anilines is 1. The van der Waals surface area contributed by atoms with Crippen molar-refractivity contribution in [3.8, 4) is 0 Å². The SMILES string of the molecule is O=C(O)CN(C(=O)c1ccncc1)c1cccc(Cl)c1. The third-order valence-corrected chi connectivity index (χ3v) is 2.82. The van der Waals surface area contributed by atoms with Gasteiger partial charge in [-0.2, -0.15) is 0 Å². The minimum Gasteiger partial charge on any atom is -0.480 e. The van der Waals surface area contributed by atoms with Crippen LogP contribution in [0.15, 0.2) is 48.8 Å². The van der Waals surface area contributed by atoms with E-state index >= 15 is 0 Å². The Morgan fingerprint density at radius 2 is 1.90 bits per heavy atom. The van der Waals surface area contributed by atoms with Crippen molar-refractivity contribution in [2.24, 2.45) is 0 Å². The van der Waals surface area contributed by atoms with Crippen molar-refractivity contribution in [1.82, 2.24) is 4.98 Å². The van der Waals surface area contributed by atoms with Crippen LogP contribution in [0.5, 0.6) is 0 Å². The number of benzene rings is 1. The van der Waals surface area contributed by atoms with Crippen LogP contribution in [-0.2, 0) is 4.79 Å². The van der Waals surface area contributed by atoms with Gasteiger partial charge in [0.05, 0.1) is 0 Å². The summed E-state index contributed by atoms with van der Waals surface area (Å²) in [6.07, 6.45) is 2.95. The first-order chi connectivity index (χ1) is 9.58. The van der Waals surface area contributed by atoms with E-state index in [9.17, 15) is 9.59 Å². The molecule has 0 radical (unpaired) electrons. The molecule has 6 heteroatoms. The number of hydrogen-bond donors (Lipinski definition) is 1. The lowest BCUT2D eigenvalue weighted by atomic mass is 10.2. The maximum absolute atomic E-state index is 12.4. The van der Waals surface area contributed by atoms with E-state index in [-0.39, 0.29) is 0 Å². The Bertz CT molecular complexity index is 631. The molecule has 0 aliphatic carbocycles. The number of halogens is 1. The van der Waals surface area contributed by atoms with Gasteiger partial charge in [-0.1, -0.05) is 17.7 Å². The maximum atomic E-state index is 12.4. The summed E-state index contributed by atoms with van der Waals surface area (Å²) in [5.74, 6) is -1.52. The Kier molecular flexibility index (Phi) is 4.32. The lowest BCUT2D eigenvalue weighted by molar-refractivity contribution is -0.135. The van der Waals surface area contributed by atoms with Crippen LogP contribution in [0.25, 0.3) is 0 Å². The second-order valence-corrected chi connectivity index (χ2v) is 4.44. The highest BCUT2D eigenvalue weighted by molar-refractivity contribution is 6.31. The molecule has 5 nitrogen and oxygen atoms in total. The first-order valence-electron chi connectivity index (χ1n) is 5.77. The summed E-state index contributed by atoms with van der Waals surface area (Å²) in [7, 11) is 0. The normalized spacial score (nSPS) is 10.1. The number of aliphatic carboxylic acids is 1. The lowest BCUT2D eigenvalue weighted by Gasteiger charge is -2.21. The predicted octanol–water partition coefficient (Wildman–Crippen LogP) is 2.47. The third-order valence-electron chi connectivity index (χ3n) is 2.59. The largest absolute Gasteiger partial charge is 0.480 e. The van der Waals surface area contributed by atoms with Crippen molar-refractivity contribution in [1.29, 1.82) is 0 Å². The van der Waals surface area contributed by atoms with E-state index in [4.69, 9.17) is 16.7 Å². The van der Waals surface area contributed by atoms with Crippen molar-refractivity contribution in [2.75, 3.05) is 11.4 Å². The smallest absolute Gasteiger partial charge is 0.323 e. The number of hydrogen-bond acceptors (Lipinski definition) is 3. The van der Waals surface area contributed by atoms with Crippen LogP contribution in [0.2, 0.25) is 5.02 Å². The molecule has 1 heterocycles. The number of amides is 1. The Balaban J connectivity index is 2.38. The highest BCUT2D eigenvalue weighted by Crippen LogP contribution is 2.21. The summed E-state index contributed by atoms with van der Waals surface area (Å²) < 4.78 is 0. The van der Waals surface area contributed by atoms with Crippen LogP contribution < -0.4 is 4.90 Å². The number of carboxylic acids is 1. The Hall–Kier alpha value is -2.40. The zero-order chi connectivity index (χ0) is 14.5. The zero-order valence-corrected chi connectivity index (χ0v) is 11.1. The minimum absolute atomic E-state index is 0.362. The molecule has 0 fully saturated rings. The first-order valence-corrected chi connectivity index (χ1v) is 6.15. The van der Waals surface area contributed by atoms with Crippen molar-refractivity contribution in [2.45, 2.75) is 0 Å². The molecule has 0 aliphatic heterocycles. The van der Waals surface area contributed by atoms with Gasteiger partial charge in [0.25, 0.3) is 5.91 Å². The fraction of sp³-hybridized carbons (Fsp3) is 0.0714. The average Bonchev–Trinajstić information content (AvgIpc) is 2.45. The van der Waals surface area contributed by atoms with Gasteiger partial charge in [-0.05, 0) is 30.3 Å². The Morgan fingerprint density at radius 1 is 1.20 bits per heavy atom. The molecule has 1 aromatic heterocycles. The molecule has 0 bridgehead atoms. The first kappa shape index (κ1) is 14.0. The second kappa shape index (κ2) is 6.16. The van der Waals surface area contributed by atoms with E-state index in [0.717, 1.165) is 4.90 Å². The highest BCUT2D eigenvalue weighted by atomic mass is 35.5. The molecule has 20 heavy (non-hydrogen) atoms. The highest BCUT2D eigenvalue weighted by Gasteiger charge is 2.20. The molecule has 1 aromatic carbocycles. The molecule has 0 unspecified atom stereocenters. The molecular formula is C14H11ClN2O3. The zero-order valence-electron chi connectivity index (χ0n) is 10.4. The van der Waals surface area contributed by atoms with Gasteiger partial charge in [-0.3, -0.25) is 19.5 Å². The van der Waals surface area contributed by atoms with E-state index in [2.05, 4.69) is 4.98 Å². The molecule has 0 saturated heterocycles. The summed E-state index contributed by atoms with van der Waals surface area (Å²) in [5.41, 5.74) is 0.794. The number of carbonyl (C=O) groups is 2. The topological polar surface area (TPSA) is 70.5 Å². The van der Waals surface area contributed by atoms with Gasteiger partial charge in [0, 0.05) is 28.7 Å². The van der Waals surface area contributed by atoms with E-state index in [0.29, 0.717) is 16.3 Å². The molecule has 1 amide bonds. The summed E-state index contributed by atoms with van der Waals surface area (Å²) >= 11 is 5.88. The fourth-order valence-electron chi connectivity index (χ4n) is 1.71. The lowest BCUT2D eigenvalue weighted by Crippen LogP contribution is -2.35. The van der Waals surface area contributed by atoms with E-state index in [1.165, 1.54) is 24.5 Å². The second-order valence-electron chi connectivity index (χ2n) is 4.00. The van der Waals surface area contributed by atoms with Crippen molar-refractivity contribution in [3.05, 3.63) is 59.4 Å². The van der Waals surface area contributed by atoms with Crippen molar-refractivity contribution in [3.63, 3.8) is 0 Å². The Labute approximate surface area is 120 Å².